The summed E-state index contributed by atoms with van der Waals surface area (Å²) in [6.07, 6.45) is 8.07. The Hall–Kier alpha value is -2.32. The van der Waals surface area contributed by atoms with E-state index in [2.05, 4.69) is 26.3 Å². The summed E-state index contributed by atoms with van der Waals surface area (Å²) in [5, 5.41) is 22.4. The van der Waals surface area contributed by atoms with Crippen LogP contribution in [-0.4, -0.2) is 47.8 Å². The van der Waals surface area contributed by atoms with Gasteiger partial charge in [0.15, 0.2) is 0 Å². The van der Waals surface area contributed by atoms with Crippen LogP contribution in [0.25, 0.3) is 0 Å². The number of hydrogen-bond donors (Lipinski definition) is 0. The van der Waals surface area contributed by atoms with E-state index in [-0.39, 0.29) is 22.3 Å². The van der Waals surface area contributed by atoms with E-state index in [0.717, 1.165) is 44.5 Å². The predicted octanol–water partition coefficient (Wildman–Crippen LogP) is 3.70. The van der Waals surface area contributed by atoms with Crippen LogP contribution in [-0.2, 0) is 4.74 Å². The maximum Gasteiger partial charge on any atom is 0.269 e. The number of non-ortho nitro benzene ring substituents is 1. The first-order valence-corrected chi connectivity index (χ1v) is 10.2. The van der Waals surface area contributed by atoms with Crippen LogP contribution < -0.4 is 5.01 Å². The van der Waals surface area contributed by atoms with Crippen LogP contribution >= 0.6 is 0 Å². The number of nitro benzene ring substituents is 1. The number of anilines is 1. The minimum atomic E-state index is -0.364. The van der Waals surface area contributed by atoms with Crippen LogP contribution in [0.4, 0.5) is 11.4 Å². The third kappa shape index (κ3) is 2.58. The minimum Gasteiger partial charge on any atom is -0.379 e. The van der Waals surface area contributed by atoms with E-state index in [4.69, 9.17) is 4.74 Å². The largest absolute Gasteiger partial charge is 0.379 e. The number of ether oxygens (including phenoxy) is 1. The Morgan fingerprint density at radius 1 is 1.18 bits per heavy atom. The Kier molecular flexibility index (Phi) is 4.40. The third-order valence-electron chi connectivity index (χ3n) is 6.70. The highest BCUT2D eigenvalue weighted by Crippen LogP contribution is 2.54. The molecular formula is C20H25N5O3. The lowest BCUT2D eigenvalue weighted by molar-refractivity contribution is -0.384. The number of fused-ring (bicyclic) bond motifs is 1. The predicted molar refractivity (Wildman–Crippen MR) is 104 cm³/mol. The number of hydrogen-bond acceptors (Lipinski definition) is 7. The molecule has 2 aliphatic carbocycles. The minimum absolute atomic E-state index is 0.0957. The molecule has 28 heavy (non-hydrogen) atoms. The number of nitro groups is 1. The molecule has 5 rings (SSSR count). The Labute approximate surface area is 164 Å². The van der Waals surface area contributed by atoms with Gasteiger partial charge in [0.25, 0.3) is 5.69 Å². The summed E-state index contributed by atoms with van der Waals surface area (Å²) in [7, 11) is 0. The molecule has 3 atom stereocenters. The second-order valence-corrected chi connectivity index (χ2v) is 7.99. The van der Waals surface area contributed by atoms with Crippen molar-refractivity contribution in [3.8, 4) is 0 Å². The van der Waals surface area contributed by atoms with Crippen molar-refractivity contribution in [2.75, 3.05) is 31.3 Å². The van der Waals surface area contributed by atoms with Gasteiger partial charge in [0, 0.05) is 31.1 Å². The Balaban J connectivity index is 1.58. The molecule has 0 aromatic heterocycles. The second-order valence-electron chi connectivity index (χ2n) is 7.99. The first kappa shape index (κ1) is 17.8. The maximum atomic E-state index is 11.1. The van der Waals surface area contributed by atoms with Gasteiger partial charge in [0.1, 0.15) is 11.7 Å². The lowest BCUT2D eigenvalue weighted by Crippen LogP contribution is -2.66. The molecule has 0 bridgehead atoms. The molecule has 3 unspecified atom stereocenters. The van der Waals surface area contributed by atoms with Gasteiger partial charge in [-0.05, 0) is 44.2 Å². The molecule has 8 nitrogen and oxygen atoms in total. The number of nitrogens with zero attached hydrogens (tertiary/aromatic N) is 5. The van der Waals surface area contributed by atoms with Crippen molar-refractivity contribution in [2.45, 2.75) is 43.8 Å². The second kappa shape index (κ2) is 6.93. The van der Waals surface area contributed by atoms with E-state index in [1.54, 1.807) is 24.3 Å². The Morgan fingerprint density at radius 3 is 2.64 bits per heavy atom. The molecule has 0 amide bonds. The molecule has 1 aromatic carbocycles. The van der Waals surface area contributed by atoms with E-state index in [9.17, 15) is 10.1 Å². The standard InChI is InChI=1S/C20H25N5O3/c26-25(27)17-7-5-16(6-8-17)24-20(23-11-13-28-14-12-23)18(15-3-1-2-4-15)9-10-19(20)21-22-24/h3,5-8,18-19H,1-2,4,9-14H2. The Bertz CT molecular complexity index is 818. The van der Waals surface area contributed by atoms with Crippen molar-refractivity contribution in [1.82, 2.24) is 4.90 Å². The van der Waals surface area contributed by atoms with E-state index in [0.29, 0.717) is 19.1 Å². The van der Waals surface area contributed by atoms with Gasteiger partial charge in [-0.1, -0.05) is 16.9 Å². The van der Waals surface area contributed by atoms with Crippen LogP contribution in [0.15, 0.2) is 46.3 Å². The number of allylic oxidation sites excluding steroid dienone is 1. The zero-order valence-corrected chi connectivity index (χ0v) is 15.9. The van der Waals surface area contributed by atoms with Gasteiger partial charge in [-0.15, -0.1) is 0 Å². The molecule has 1 saturated carbocycles. The van der Waals surface area contributed by atoms with Crippen LogP contribution in [0.1, 0.15) is 32.1 Å². The fourth-order valence-corrected chi connectivity index (χ4v) is 5.53. The molecular weight excluding hydrogens is 358 g/mol. The molecule has 8 heteroatoms. The molecule has 0 N–H and O–H groups in total. The number of rotatable bonds is 4. The summed E-state index contributed by atoms with van der Waals surface area (Å²) in [5.74, 6) is 0.378. The smallest absolute Gasteiger partial charge is 0.269 e. The van der Waals surface area contributed by atoms with E-state index < -0.39 is 0 Å². The molecule has 0 radical (unpaired) electrons. The van der Waals surface area contributed by atoms with Crippen molar-refractivity contribution in [3.63, 3.8) is 0 Å². The fourth-order valence-electron chi connectivity index (χ4n) is 5.53. The van der Waals surface area contributed by atoms with Gasteiger partial charge >= 0.3 is 0 Å². The topological polar surface area (TPSA) is 83.6 Å². The van der Waals surface area contributed by atoms with Crippen LogP contribution in [0.3, 0.4) is 0 Å². The van der Waals surface area contributed by atoms with Gasteiger partial charge < -0.3 is 4.74 Å². The summed E-state index contributed by atoms with van der Waals surface area (Å²) < 4.78 is 5.64. The van der Waals surface area contributed by atoms with Crippen molar-refractivity contribution >= 4 is 11.4 Å². The van der Waals surface area contributed by atoms with E-state index >= 15 is 0 Å². The summed E-state index contributed by atoms with van der Waals surface area (Å²) in [6.45, 7) is 3.15. The van der Waals surface area contributed by atoms with Gasteiger partial charge in [-0.2, -0.15) is 5.11 Å². The number of benzene rings is 1. The average molecular weight is 383 g/mol. The van der Waals surface area contributed by atoms with E-state index in [1.807, 2.05) is 0 Å². The highest BCUT2D eigenvalue weighted by molar-refractivity contribution is 5.54. The lowest BCUT2D eigenvalue weighted by Gasteiger charge is -2.50. The fraction of sp³-hybridized carbons (Fsp3) is 0.600. The van der Waals surface area contributed by atoms with Crippen LogP contribution in [0, 0.1) is 16.0 Å². The SMILES string of the molecule is O=[N+]([O-])c1ccc(N2N=NC3CCC(C4=CCCC4)C32N2CCOCC2)cc1. The normalized spacial score (nSPS) is 32.6. The summed E-state index contributed by atoms with van der Waals surface area (Å²) in [5.41, 5.74) is 2.18. The average Bonchev–Trinajstić information content (AvgIpc) is 3.44. The van der Waals surface area contributed by atoms with Gasteiger partial charge in [0.2, 0.25) is 0 Å². The summed E-state index contributed by atoms with van der Waals surface area (Å²) >= 11 is 0. The van der Waals surface area contributed by atoms with Crippen LogP contribution in [0.5, 0.6) is 0 Å². The monoisotopic (exact) mass is 383 g/mol. The van der Waals surface area contributed by atoms with E-state index in [1.165, 1.54) is 12.0 Å². The quantitative estimate of drug-likeness (QED) is 0.450. The lowest BCUT2D eigenvalue weighted by atomic mass is 9.84. The van der Waals surface area contributed by atoms with Gasteiger partial charge in [0.05, 0.1) is 23.8 Å². The zero-order valence-electron chi connectivity index (χ0n) is 15.9. The molecule has 1 saturated heterocycles. The molecule has 2 aliphatic heterocycles. The highest BCUT2D eigenvalue weighted by Gasteiger charge is 2.62. The summed E-state index contributed by atoms with van der Waals surface area (Å²) in [4.78, 5) is 13.2. The van der Waals surface area contributed by atoms with Gasteiger partial charge in [-0.3, -0.25) is 15.0 Å². The van der Waals surface area contributed by atoms with Gasteiger partial charge in [-0.25, -0.2) is 5.01 Å². The first-order valence-electron chi connectivity index (χ1n) is 10.2. The van der Waals surface area contributed by atoms with Crippen LogP contribution in [0.2, 0.25) is 0 Å². The van der Waals surface area contributed by atoms with Crippen molar-refractivity contribution < 1.29 is 9.66 Å². The molecule has 148 valence electrons. The van der Waals surface area contributed by atoms with Crippen molar-refractivity contribution in [2.24, 2.45) is 16.3 Å². The first-order chi connectivity index (χ1) is 13.7. The number of morpholine rings is 1. The Morgan fingerprint density at radius 2 is 1.96 bits per heavy atom. The van der Waals surface area contributed by atoms with Crippen molar-refractivity contribution in [3.05, 3.63) is 46.0 Å². The van der Waals surface area contributed by atoms with Crippen molar-refractivity contribution in [1.29, 1.82) is 0 Å². The maximum absolute atomic E-state index is 11.1. The molecule has 0 spiro atoms. The third-order valence-corrected chi connectivity index (χ3v) is 6.70. The molecule has 2 fully saturated rings. The summed E-state index contributed by atoms with van der Waals surface area (Å²) in [6, 6.07) is 6.85. The molecule has 2 heterocycles. The highest BCUT2D eigenvalue weighted by atomic mass is 16.6. The zero-order chi connectivity index (χ0) is 19.1. The molecule has 1 aromatic rings. The molecule has 4 aliphatic rings.